The highest BCUT2D eigenvalue weighted by Crippen LogP contribution is 2.03. The summed E-state index contributed by atoms with van der Waals surface area (Å²) in [7, 11) is 0. The van der Waals surface area contributed by atoms with E-state index in [2.05, 4.69) is 16.7 Å². The molecule has 0 aromatic carbocycles. The van der Waals surface area contributed by atoms with Crippen molar-refractivity contribution in [1.82, 2.24) is 15.5 Å². The fourth-order valence-electron chi connectivity index (χ4n) is 1.71. The number of nitriles is 1. The number of rotatable bonds is 2. The number of nitrogens with one attached hydrogen (secondary N) is 2. The Hall–Kier alpha value is -1.12. The molecular formula is C11H20N4O. The van der Waals surface area contributed by atoms with E-state index in [0.717, 1.165) is 13.1 Å². The molecule has 1 heterocycles. The molecule has 1 rings (SSSR count). The number of hydrogen-bond donors (Lipinski definition) is 2. The van der Waals surface area contributed by atoms with E-state index >= 15 is 0 Å². The standard InChI is InChI=1S/C11H20N4O/c1-11(2,3)14-10(16)8-15-5-4-13-7-9(15)6-12/h9,13H,4-5,7-8H2,1-3H3,(H,14,16). The van der Waals surface area contributed by atoms with Crippen molar-refractivity contribution in [2.24, 2.45) is 0 Å². The lowest BCUT2D eigenvalue weighted by atomic mass is 10.1. The Bertz CT molecular complexity index is 289. The van der Waals surface area contributed by atoms with Gasteiger partial charge in [0, 0.05) is 25.2 Å². The van der Waals surface area contributed by atoms with E-state index in [1.165, 1.54) is 0 Å². The van der Waals surface area contributed by atoms with Gasteiger partial charge in [-0.2, -0.15) is 5.26 Å². The molecule has 1 atom stereocenters. The van der Waals surface area contributed by atoms with E-state index in [1.54, 1.807) is 0 Å². The minimum Gasteiger partial charge on any atom is -0.350 e. The summed E-state index contributed by atoms with van der Waals surface area (Å²) >= 11 is 0. The van der Waals surface area contributed by atoms with Crippen LogP contribution in [0.25, 0.3) is 0 Å². The van der Waals surface area contributed by atoms with Gasteiger partial charge in [-0.25, -0.2) is 0 Å². The molecule has 0 aromatic rings. The Morgan fingerprint density at radius 1 is 1.62 bits per heavy atom. The molecular weight excluding hydrogens is 204 g/mol. The van der Waals surface area contributed by atoms with Crippen molar-refractivity contribution in [3.05, 3.63) is 0 Å². The zero-order chi connectivity index (χ0) is 12.2. The van der Waals surface area contributed by atoms with Gasteiger partial charge < -0.3 is 10.6 Å². The summed E-state index contributed by atoms with van der Waals surface area (Å²) in [6.45, 7) is 8.37. The lowest BCUT2D eigenvalue weighted by molar-refractivity contribution is -0.124. The fraction of sp³-hybridized carbons (Fsp3) is 0.818. The number of amides is 1. The molecule has 1 aliphatic rings. The molecule has 0 spiro atoms. The summed E-state index contributed by atoms with van der Waals surface area (Å²) in [5.74, 6) is -0.0188. The zero-order valence-corrected chi connectivity index (χ0v) is 10.2. The molecule has 1 fully saturated rings. The Kier molecular flexibility index (Phi) is 4.27. The maximum atomic E-state index is 11.7. The van der Waals surface area contributed by atoms with Crippen LogP contribution in [0.1, 0.15) is 20.8 Å². The first-order valence-electron chi connectivity index (χ1n) is 5.58. The predicted molar refractivity (Wildman–Crippen MR) is 61.7 cm³/mol. The summed E-state index contributed by atoms with van der Waals surface area (Å²) in [6.07, 6.45) is 0. The monoisotopic (exact) mass is 224 g/mol. The normalized spacial score (nSPS) is 22.5. The highest BCUT2D eigenvalue weighted by molar-refractivity contribution is 5.78. The largest absolute Gasteiger partial charge is 0.350 e. The molecule has 1 saturated heterocycles. The average molecular weight is 224 g/mol. The van der Waals surface area contributed by atoms with Crippen molar-refractivity contribution >= 4 is 5.91 Å². The van der Waals surface area contributed by atoms with E-state index in [0.29, 0.717) is 13.1 Å². The van der Waals surface area contributed by atoms with Crippen LogP contribution in [0, 0.1) is 11.3 Å². The lowest BCUT2D eigenvalue weighted by Crippen LogP contribution is -2.55. The summed E-state index contributed by atoms with van der Waals surface area (Å²) < 4.78 is 0. The third-order valence-electron chi connectivity index (χ3n) is 2.36. The molecule has 5 heteroatoms. The van der Waals surface area contributed by atoms with Gasteiger partial charge >= 0.3 is 0 Å². The Morgan fingerprint density at radius 2 is 2.31 bits per heavy atom. The number of piperazine rings is 1. The Morgan fingerprint density at radius 3 is 2.88 bits per heavy atom. The second-order valence-electron chi connectivity index (χ2n) is 5.12. The van der Waals surface area contributed by atoms with Gasteiger partial charge in [0.2, 0.25) is 5.91 Å². The predicted octanol–water partition coefficient (Wildman–Crippen LogP) is -0.302. The molecule has 0 bridgehead atoms. The first-order valence-corrected chi connectivity index (χ1v) is 5.58. The van der Waals surface area contributed by atoms with Crippen LogP contribution in [0.3, 0.4) is 0 Å². The third kappa shape index (κ3) is 4.17. The van der Waals surface area contributed by atoms with Crippen LogP contribution in [-0.2, 0) is 4.79 Å². The van der Waals surface area contributed by atoms with Crippen LogP contribution < -0.4 is 10.6 Å². The molecule has 1 amide bonds. The van der Waals surface area contributed by atoms with E-state index in [4.69, 9.17) is 5.26 Å². The molecule has 0 aliphatic carbocycles. The second kappa shape index (κ2) is 5.28. The first-order chi connectivity index (χ1) is 7.42. The van der Waals surface area contributed by atoms with Crippen molar-refractivity contribution in [2.45, 2.75) is 32.4 Å². The van der Waals surface area contributed by atoms with Crippen molar-refractivity contribution in [1.29, 1.82) is 5.26 Å². The van der Waals surface area contributed by atoms with Crippen LogP contribution in [0.15, 0.2) is 0 Å². The van der Waals surface area contributed by atoms with Gasteiger partial charge in [0.05, 0.1) is 12.6 Å². The van der Waals surface area contributed by atoms with Crippen molar-refractivity contribution in [2.75, 3.05) is 26.2 Å². The van der Waals surface area contributed by atoms with Crippen LogP contribution in [-0.4, -0.2) is 48.6 Å². The minimum absolute atomic E-state index is 0.0188. The van der Waals surface area contributed by atoms with Crippen molar-refractivity contribution in [3.8, 4) is 6.07 Å². The Labute approximate surface area is 96.8 Å². The molecule has 16 heavy (non-hydrogen) atoms. The van der Waals surface area contributed by atoms with Gasteiger partial charge in [-0.1, -0.05) is 0 Å². The second-order valence-corrected chi connectivity index (χ2v) is 5.12. The molecule has 1 unspecified atom stereocenters. The smallest absolute Gasteiger partial charge is 0.234 e. The average Bonchev–Trinajstić information content (AvgIpc) is 2.15. The number of nitrogens with zero attached hydrogens (tertiary/aromatic N) is 2. The summed E-state index contributed by atoms with van der Waals surface area (Å²) in [5.41, 5.74) is -0.215. The minimum atomic E-state index is -0.215. The van der Waals surface area contributed by atoms with Crippen molar-refractivity contribution < 1.29 is 4.79 Å². The number of carbonyl (C=O) groups excluding carboxylic acids is 1. The quantitative estimate of drug-likeness (QED) is 0.675. The number of hydrogen-bond acceptors (Lipinski definition) is 4. The molecule has 0 radical (unpaired) electrons. The Balaban J connectivity index is 2.46. The molecule has 90 valence electrons. The summed E-state index contributed by atoms with van der Waals surface area (Å²) in [6, 6.07) is 2.01. The maximum Gasteiger partial charge on any atom is 0.234 e. The van der Waals surface area contributed by atoms with Crippen LogP contribution in [0.5, 0.6) is 0 Å². The third-order valence-corrected chi connectivity index (χ3v) is 2.36. The summed E-state index contributed by atoms with van der Waals surface area (Å²) in [4.78, 5) is 13.6. The molecule has 2 N–H and O–H groups in total. The van der Waals surface area contributed by atoms with Crippen LogP contribution in [0.2, 0.25) is 0 Å². The molecule has 0 aromatic heterocycles. The fourth-order valence-corrected chi connectivity index (χ4v) is 1.71. The first kappa shape index (κ1) is 12.9. The van der Waals surface area contributed by atoms with Crippen molar-refractivity contribution in [3.63, 3.8) is 0 Å². The van der Waals surface area contributed by atoms with E-state index in [1.807, 2.05) is 25.7 Å². The van der Waals surface area contributed by atoms with Gasteiger partial charge in [0.15, 0.2) is 0 Å². The lowest BCUT2D eigenvalue weighted by Gasteiger charge is -2.32. The van der Waals surface area contributed by atoms with Crippen LogP contribution in [0.4, 0.5) is 0 Å². The topological polar surface area (TPSA) is 68.2 Å². The van der Waals surface area contributed by atoms with Crippen LogP contribution >= 0.6 is 0 Å². The maximum absolute atomic E-state index is 11.7. The van der Waals surface area contributed by atoms with E-state index in [-0.39, 0.29) is 17.5 Å². The van der Waals surface area contributed by atoms with Gasteiger partial charge in [0.25, 0.3) is 0 Å². The highest BCUT2D eigenvalue weighted by atomic mass is 16.2. The molecule has 0 saturated carbocycles. The molecule has 1 aliphatic heterocycles. The summed E-state index contributed by atoms with van der Waals surface area (Å²) in [5, 5.41) is 15.0. The molecule has 5 nitrogen and oxygen atoms in total. The van der Waals surface area contributed by atoms with Gasteiger partial charge in [-0.15, -0.1) is 0 Å². The van der Waals surface area contributed by atoms with Gasteiger partial charge in [-0.3, -0.25) is 9.69 Å². The van der Waals surface area contributed by atoms with Gasteiger partial charge in [-0.05, 0) is 20.8 Å². The van der Waals surface area contributed by atoms with E-state index < -0.39 is 0 Å². The zero-order valence-electron chi connectivity index (χ0n) is 10.2. The van der Waals surface area contributed by atoms with Gasteiger partial charge in [0.1, 0.15) is 6.04 Å². The number of carbonyl (C=O) groups is 1. The highest BCUT2D eigenvalue weighted by Gasteiger charge is 2.24. The van der Waals surface area contributed by atoms with E-state index in [9.17, 15) is 4.79 Å². The SMILES string of the molecule is CC(C)(C)NC(=O)CN1CCNCC1C#N.